The number of nitriles is 1. The van der Waals surface area contributed by atoms with Gasteiger partial charge in [-0.15, -0.1) is 0 Å². The lowest BCUT2D eigenvalue weighted by atomic mass is 9.85. The first-order valence-electron chi connectivity index (χ1n) is 7.25. The Bertz CT molecular complexity index is 685. The highest BCUT2D eigenvalue weighted by atomic mass is 32.2. The molecule has 1 aromatic carbocycles. The third kappa shape index (κ3) is 2.82. The zero-order chi connectivity index (χ0) is 15.0. The van der Waals surface area contributed by atoms with Crippen LogP contribution in [-0.4, -0.2) is 39.0 Å². The number of hydrogen-bond acceptors (Lipinski definition) is 4. The summed E-state index contributed by atoms with van der Waals surface area (Å²) in [6.45, 7) is 4.72. The lowest BCUT2D eigenvalue weighted by Crippen LogP contribution is -2.57. The molecule has 3 fully saturated rings. The zero-order valence-corrected chi connectivity index (χ0v) is 12.9. The second-order valence-corrected chi connectivity index (χ2v) is 7.67. The quantitative estimate of drug-likeness (QED) is 0.912. The van der Waals surface area contributed by atoms with Crippen LogP contribution in [0.1, 0.15) is 24.0 Å². The molecule has 21 heavy (non-hydrogen) atoms. The van der Waals surface area contributed by atoms with E-state index in [0.717, 1.165) is 32.5 Å². The highest BCUT2D eigenvalue weighted by Crippen LogP contribution is 2.28. The zero-order valence-electron chi connectivity index (χ0n) is 12.0. The molecule has 112 valence electrons. The van der Waals surface area contributed by atoms with Gasteiger partial charge in [-0.3, -0.25) is 0 Å². The van der Waals surface area contributed by atoms with E-state index in [1.165, 1.54) is 6.07 Å². The summed E-state index contributed by atoms with van der Waals surface area (Å²) in [4.78, 5) is 2.56. The average Bonchev–Trinajstić information content (AvgIpc) is 2.48. The number of nitrogens with one attached hydrogen (secondary N) is 1. The van der Waals surface area contributed by atoms with Crippen molar-refractivity contribution in [2.45, 2.75) is 30.7 Å². The Balaban J connectivity index is 1.81. The molecule has 0 saturated carbocycles. The van der Waals surface area contributed by atoms with Crippen molar-refractivity contribution >= 4 is 10.0 Å². The molecule has 2 bridgehead atoms. The van der Waals surface area contributed by atoms with Gasteiger partial charge < -0.3 is 4.90 Å². The minimum atomic E-state index is -3.52. The number of rotatable bonds is 3. The molecule has 1 atom stereocenters. The molecule has 0 aliphatic carbocycles. The topological polar surface area (TPSA) is 73.2 Å². The van der Waals surface area contributed by atoms with Gasteiger partial charge in [0.25, 0.3) is 0 Å². The minimum Gasteiger partial charge on any atom is -0.302 e. The molecule has 0 amide bonds. The standard InChI is InChI=1S/C15H19N3O2S/c1-11-8-14(3-2-13(11)9-16)21(19,20)17-15-10-18-6-4-12(15)5-7-18/h2-3,8,12,15,17H,4-7,10H2,1H3. The molecular formula is C15H19N3O2S. The molecule has 4 rings (SSSR count). The van der Waals surface area contributed by atoms with Crippen molar-refractivity contribution in [3.05, 3.63) is 29.3 Å². The normalized spacial score (nSPS) is 28.3. The van der Waals surface area contributed by atoms with Crippen LogP contribution in [0.4, 0.5) is 0 Å². The fourth-order valence-electron chi connectivity index (χ4n) is 3.29. The van der Waals surface area contributed by atoms with E-state index >= 15 is 0 Å². The van der Waals surface area contributed by atoms with Gasteiger partial charge in [-0.25, -0.2) is 13.1 Å². The number of sulfonamides is 1. The van der Waals surface area contributed by atoms with Crippen LogP contribution >= 0.6 is 0 Å². The lowest BCUT2D eigenvalue weighted by Gasteiger charge is -2.44. The monoisotopic (exact) mass is 305 g/mol. The summed E-state index contributed by atoms with van der Waals surface area (Å²) >= 11 is 0. The Morgan fingerprint density at radius 1 is 1.33 bits per heavy atom. The molecule has 3 aliphatic rings. The molecule has 1 N–H and O–H groups in total. The third-order valence-corrected chi connectivity index (χ3v) is 6.08. The van der Waals surface area contributed by atoms with Gasteiger partial charge in [0, 0.05) is 12.6 Å². The fourth-order valence-corrected chi connectivity index (χ4v) is 4.68. The first-order valence-corrected chi connectivity index (χ1v) is 8.73. The fraction of sp³-hybridized carbons (Fsp3) is 0.533. The van der Waals surface area contributed by atoms with Crippen molar-refractivity contribution in [1.29, 1.82) is 5.26 Å². The van der Waals surface area contributed by atoms with E-state index in [-0.39, 0.29) is 10.9 Å². The van der Waals surface area contributed by atoms with Crippen LogP contribution in [0.5, 0.6) is 0 Å². The summed E-state index contributed by atoms with van der Waals surface area (Å²) in [7, 11) is -3.52. The molecule has 5 nitrogen and oxygen atoms in total. The van der Waals surface area contributed by atoms with Crippen LogP contribution in [0.3, 0.4) is 0 Å². The maximum Gasteiger partial charge on any atom is 0.240 e. The van der Waals surface area contributed by atoms with Crippen LogP contribution in [0.25, 0.3) is 0 Å². The number of hydrogen-bond donors (Lipinski definition) is 1. The molecule has 1 aromatic rings. The van der Waals surface area contributed by atoms with Gasteiger partial charge in [-0.2, -0.15) is 5.26 Å². The Hall–Kier alpha value is -1.42. The Kier molecular flexibility index (Phi) is 3.74. The lowest BCUT2D eigenvalue weighted by molar-refractivity contribution is 0.0827. The maximum absolute atomic E-state index is 12.5. The van der Waals surface area contributed by atoms with E-state index in [0.29, 0.717) is 17.0 Å². The molecule has 3 heterocycles. The van der Waals surface area contributed by atoms with Crippen molar-refractivity contribution in [2.24, 2.45) is 5.92 Å². The van der Waals surface area contributed by atoms with Crippen molar-refractivity contribution in [3.8, 4) is 6.07 Å². The number of fused-ring (bicyclic) bond motifs is 3. The van der Waals surface area contributed by atoms with Gasteiger partial charge in [-0.05, 0) is 62.5 Å². The van der Waals surface area contributed by atoms with E-state index in [4.69, 9.17) is 5.26 Å². The smallest absolute Gasteiger partial charge is 0.240 e. The predicted octanol–water partition coefficient (Wildman–Crippen LogP) is 1.24. The Morgan fingerprint density at radius 3 is 2.57 bits per heavy atom. The molecule has 0 aromatic heterocycles. The SMILES string of the molecule is Cc1cc(S(=O)(=O)NC2CN3CCC2CC3)ccc1C#N. The van der Waals surface area contributed by atoms with E-state index in [2.05, 4.69) is 15.7 Å². The molecular weight excluding hydrogens is 286 g/mol. The number of aryl methyl sites for hydroxylation is 1. The van der Waals surface area contributed by atoms with E-state index in [9.17, 15) is 8.42 Å². The largest absolute Gasteiger partial charge is 0.302 e. The van der Waals surface area contributed by atoms with E-state index in [1.807, 2.05) is 0 Å². The van der Waals surface area contributed by atoms with Crippen molar-refractivity contribution in [3.63, 3.8) is 0 Å². The van der Waals surface area contributed by atoms with E-state index in [1.54, 1.807) is 19.1 Å². The van der Waals surface area contributed by atoms with Crippen molar-refractivity contribution < 1.29 is 8.42 Å². The predicted molar refractivity (Wildman–Crippen MR) is 79.2 cm³/mol. The Labute approximate surface area is 125 Å². The maximum atomic E-state index is 12.5. The van der Waals surface area contributed by atoms with Gasteiger partial charge in [0.2, 0.25) is 10.0 Å². The van der Waals surface area contributed by atoms with Crippen LogP contribution in [0, 0.1) is 24.2 Å². The number of nitrogens with zero attached hydrogens (tertiary/aromatic N) is 2. The molecule has 1 unspecified atom stereocenters. The minimum absolute atomic E-state index is 0.00782. The van der Waals surface area contributed by atoms with Gasteiger partial charge >= 0.3 is 0 Å². The van der Waals surface area contributed by atoms with Crippen LogP contribution in [-0.2, 0) is 10.0 Å². The second kappa shape index (κ2) is 5.41. The highest BCUT2D eigenvalue weighted by Gasteiger charge is 2.36. The van der Waals surface area contributed by atoms with Gasteiger partial charge in [0.15, 0.2) is 0 Å². The second-order valence-electron chi connectivity index (χ2n) is 5.95. The number of piperidine rings is 3. The molecule has 3 saturated heterocycles. The molecule has 0 radical (unpaired) electrons. The molecule has 0 spiro atoms. The summed E-state index contributed by atoms with van der Waals surface area (Å²) in [5, 5.41) is 8.92. The summed E-state index contributed by atoms with van der Waals surface area (Å²) in [5.74, 6) is 0.448. The number of benzene rings is 1. The van der Waals surface area contributed by atoms with Crippen molar-refractivity contribution in [1.82, 2.24) is 9.62 Å². The van der Waals surface area contributed by atoms with Gasteiger partial charge in [0.05, 0.1) is 16.5 Å². The van der Waals surface area contributed by atoms with Crippen LogP contribution in [0.2, 0.25) is 0 Å². The Morgan fingerprint density at radius 2 is 2.05 bits per heavy atom. The van der Waals surface area contributed by atoms with Gasteiger partial charge in [-0.1, -0.05) is 0 Å². The summed E-state index contributed by atoms with van der Waals surface area (Å²) < 4.78 is 27.9. The first kappa shape index (κ1) is 14.5. The molecule has 3 aliphatic heterocycles. The van der Waals surface area contributed by atoms with E-state index < -0.39 is 10.0 Å². The first-order chi connectivity index (χ1) is 9.99. The van der Waals surface area contributed by atoms with Crippen molar-refractivity contribution in [2.75, 3.05) is 19.6 Å². The van der Waals surface area contributed by atoms with Gasteiger partial charge in [0.1, 0.15) is 0 Å². The third-order valence-electron chi connectivity index (χ3n) is 4.59. The summed E-state index contributed by atoms with van der Waals surface area (Å²) in [5.41, 5.74) is 1.20. The highest BCUT2D eigenvalue weighted by molar-refractivity contribution is 7.89. The van der Waals surface area contributed by atoms with Crippen LogP contribution < -0.4 is 4.72 Å². The summed E-state index contributed by atoms with van der Waals surface area (Å²) in [6.07, 6.45) is 2.14. The average molecular weight is 305 g/mol. The molecule has 6 heteroatoms. The van der Waals surface area contributed by atoms with Crippen LogP contribution in [0.15, 0.2) is 23.1 Å². The summed E-state index contributed by atoms with van der Waals surface area (Å²) in [6, 6.07) is 6.71.